The molecule has 0 aromatic carbocycles. The molecule has 1 saturated carbocycles. The van der Waals surface area contributed by atoms with Gasteiger partial charge in [-0.2, -0.15) is 5.10 Å². The number of esters is 1. The second-order valence-corrected chi connectivity index (χ2v) is 5.34. The minimum atomic E-state index is -0.974. The van der Waals surface area contributed by atoms with E-state index in [9.17, 15) is 4.79 Å². The second kappa shape index (κ2) is 5.91. The maximum Gasteiger partial charge on any atom is 0.328 e. The van der Waals surface area contributed by atoms with E-state index in [2.05, 4.69) is 10.1 Å². The summed E-state index contributed by atoms with van der Waals surface area (Å²) in [7, 11) is 0. The third-order valence-electron chi connectivity index (χ3n) is 3.80. The zero-order chi connectivity index (χ0) is 14.8. The smallest absolute Gasteiger partial charge is 0.328 e. The van der Waals surface area contributed by atoms with Crippen LogP contribution in [0.2, 0.25) is 0 Å². The van der Waals surface area contributed by atoms with Gasteiger partial charge in [-0.1, -0.05) is 13.8 Å². The fourth-order valence-corrected chi connectivity index (χ4v) is 2.44. The van der Waals surface area contributed by atoms with Crippen LogP contribution < -0.4 is 5.73 Å². The zero-order valence-corrected chi connectivity index (χ0v) is 12.6. The number of aromatic nitrogens is 3. The van der Waals surface area contributed by atoms with Crippen molar-refractivity contribution in [1.82, 2.24) is 14.8 Å². The van der Waals surface area contributed by atoms with Gasteiger partial charge in [0.15, 0.2) is 5.82 Å². The summed E-state index contributed by atoms with van der Waals surface area (Å²) >= 11 is 0. The fraction of sp³-hybridized carbons (Fsp3) is 0.786. The summed E-state index contributed by atoms with van der Waals surface area (Å²) < 4.78 is 6.95. The molecule has 0 aliphatic heterocycles. The summed E-state index contributed by atoms with van der Waals surface area (Å²) in [6.07, 6.45) is 3.51. The predicted octanol–water partition coefficient (Wildman–Crippen LogP) is 1.07. The van der Waals surface area contributed by atoms with Crippen molar-refractivity contribution in [3.05, 3.63) is 11.6 Å². The van der Waals surface area contributed by atoms with Crippen LogP contribution in [0.4, 0.5) is 0 Å². The average molecular weight is 280 g/mol. The molecule has 1 unspecified atom stereocenters. The first-order valence-corrected chi connectivity index (χ1v) is 7.43. The fourth-order valence-electron chi connectivity index (χ4n) is 2.44. The largest absolute Gasteiger partial charge is 0.465 e. The highest BCUT2D eigenvalue weighted by molar-refractivity contribution is 5.81. The van der Waals surface area contributed by atoms with Crippen molar-refractivity contribution in [3.63, 3.8) is 0 Å². The molecule has 20 heavy (non-hydrogen) atoms. The third-order valence-corrected chi connectivity index (χ3v) is 3.80. The molecule has 1 fully saturated rings. The van der Waals surface area contributed by atoms with Crippen LogP contribution >= 0.6 is 0 Å². The first-order valence-electron chi connectivity index (χ1n) is 7.43. The second-order valence-electron chi connectivity index (χ2n) is 5.34. The van der Waals surface area contributed by atoms with E-state index in [4.69, 9.17) is 10.5 Å². The number of aryl methyl sites for hydroxylation is 2. The standard InChI is InChI=1S/C14H24N4O2/c1-4-11-16-12(5-2)18(17-11)9-14(15,10-7-8-10)13(19)20-6-3/h10H,4-9,15H2,1-3H3. The van der Waals surface area contributed by atoms with Crippen LogP contribution in [-0.4, -0.2) is 32.9 Å². The molecular formula is C14H24N4O2. The highest BCUT2D eigenvalue weighted by Crippen LogP contribution is 2.40. The topological polar surface area (TPSA) is 83.0 Å². The first-order chi connectivity index (χ1) is 9.55. The summed E-state index contributed by atoms with van der Waals surface area (Å²) in [5.74, 6) is 1.55. The Bertz CT molecular complexity index is 482. The Kier molecular flexibility index (Phi) is 4.42. The monoisotopic (exact) mass is 280 g/mol. The third kappa shape index (κ3) is 2.85. The Morgan fingerprint density at radius 3 is 2.60 bits per heavy atom. The van der Waals surface area contributed by atoms with Crippen LogP contribution in [0.25, 0.3) is 0 Å². The van der Waals surface area contributed by atoms with Crippen molar-refractivity contribution in [2.24, 2.45) is 11.7 Å². The minimum Gasteiger partial charge on any atom is -0.465 e. The van der Waals surface area contributed by atoms with Gasteiger partial charge in [-0.3, -0.25) is 0 Å². The quantitative estimate of drug-likeness (QED) is 0.755. The maximum atomic E-state index is 12.2. The lowest BCUT2D eigenvalue weighted by molar-refractivity contribution is -0.151. The number of nitrogens with zero attached hydrogens (tertiary/aromatic N) is 3. The Morgan fingerprint density at radius 1 is 1.40 bits per heavy atom. The van der Waals surface area contributed by atoms with E-state index in [-0.39, 0.29) is 11.9 Å². The van der Waals surface area contributed by atoms with E-state index in [0.29, 0.717) is 13.2 Å². The Hall–Kier alpha value is -1.43. The lowest BCUT2D eigenvalue weighted by Gasteiger charge is -2.27. The maximum absolute atomic E-state index is 12.2. The van der Waals surface area contributed by atoms with Crippen molar-refractivity contribution in [2.45, 2.75) is 58.5 Å². The number of hydrogen-bond donors (Lipinski definition) is 1. The molecule has 2 rings (SSSR count). The number of carbonyl (C=O) groups excluding carboxylic acids is 1. The Morgan fingerprint density at radius 2 is 2.10 bits per heavy atom. The number of ether oxygens (including phenoxy) is 1. The molecule has 1 atom stereocenters. The van der Waals surface area contributed by atoms with Crippen molar-refractivity contribution in [2.75, 3.05) is 6.61 Å². The van der Waals surface area contributed by atoms with Crippen LogP contribution in [0.15, 0.2) is 0 Å². The van der Waals surface area contributed by atoms with Crippen LogP contribution in [0.1, 0.15) is 45.3 Å². The normalized spacial score (nSPS) is 17.8. The van der Waals surface area contributed by atoms with Gasteiger partial charge in [0.25, 0.3) is 0 Å². The van der Waals surface area contributed by atoms with Gasteiger partial charge in [0.1, 0.15) is 11.4 Å². The predicted molar refractivity (Wildman–Crippen MR) is 75.1 cm³/mol. The molecule has 0 radical (unpaired) electrons. The van der Waals surface area contributed by atoms with E-state index >= 15 is 0 Å². The molecular weight excluding hydrogens is 256 g/mol. The molecule has 1 aromatic rings. The van der Waals surface area contributed by atoms with Crippen LogP contribution in [0.3, 0.4) is 0 Å². The highest BCUT2D eigenvalue weighted by Gasteiger charge is 2.50. The lowest BCUT2D eigenvalue weighted by atomic mass is 9.94. The molecule has 0 amide bonds. The van der Waals surface area contributed by atoms with Gasteiger partial charge < -0.3 is 10.5 Å². The van der Waals surface area contributed by atoms with E-state index in [1.807, 2.05) is 13.8 Å². The van der Waals surface area contributed by atoms with Crippen LogP contribution in [0, 0.1) is 5.92 Å². The summed E-state index contributed by atoms with van der Waals surface area (Å²) in [6, 6.07) is 0. The van der Waals surface area contributed by atoms with E-state index in [1.54, 1.807) is 11.6 Å². The molecule has 1 heterocycles. The van der Waals surface area contributed by atoms with Crippen molar-refractivity contribution >= 4 is 5.97 Å². The molecule has 2 N–H and O–H groups in total. The molecule has 112 valence electrons. The Labute approximate surface area is 119 Å². The number of carbonyl (C=O) groups is 1. The molecule has 0 spiro atoms. The van der Waals surface area contributed by atoms with Gasteiger partial charge in [0, 0.05) is 12.8 Å². The highest BCUT2D eigenvalue weighted by atomic mass is 16.5. The van der Waals surface area contributed by atoms with Crippen molar-refractivity contribution in [1.29, 1.82) is 0 Å². The molecule has 0 bridgehead atoms. The molecule has 6 heteroatoms. The van der Waals surface area contributed by atoms with Crippen LogP contribution in [-0.2, 0) is 28.9 Å². The minimum absolute atomic E-state index is 0.195. The number of hydrogen-bond acceptors (Lipinski definition) is 5. The summed E-state index contributed by atoms with van der Waals surface area (Å²) in [5.41, 5.74) is 5.40. The molecule has 0 saturated heterocycles. The van der Waals surface area contributed by atoms with Crippen molar-refractivity contribution in [3.8, 4) is 0 Å². The lowest BCUT2D eigenvalue weighted by Crippen LogP contribution is -2.54. The number of nitrogens with two attached hydrogens (primary N) is 1. The van der Waals surface area contributed by atoms with Crippen LogP contribution in [0.5, 0.6) is 0 Å². The average Bonchev–Trinajstić information content (AvgIpc) is 3.22. The summed E-state index contributed by atoms with van der Waals surface area (Å²) in [6.45, 7) is 6.55. The number of rotatable bonds is 7. The molecule has 1 aromatic heterocycles. The van der Waals surface area contributed by atoms with Gasteiger partial charge >= 0.3 is 5.97 Å². The first kappa shape index (κ1) is 15.0. The van der Waals surface area contributed by atoms with Gasteiger partial charge in [-0.15, -0.1) is 0 Å². The van der Waals surface area contributed by atoms with Gasteiger partial charge in [0.05, 0.1) is 13.2 Å². The SMILES string of the molecule is CCOC(=O)C(N)(Cn1nc(CC)nc1CC)C1CC1. The van der Waals surface area contributed by atoms with E-state index in [1.165, 1.54) is 0 Å². The van der Waals surface area contributed by atoms with E-state index < -0.39 is 5.54 Å². The van der Waals surface area contributed by atoms with Gasteiger partial charge in [0.2, 0.25) is 0 Å². The van der Waals surface area contributed by atoms with Gasteiger partial charge in [-0.05, 0) is 25.7 Å². The van der Waals surface area contributed by atoms with E-state index in [0.717, 1.165) is 37.3 Å². The summed E-state index contributed by atoms with van der Waals surface area (Å²) in [4.78, 5) is 16.7. The molecule has 6 nitrogen and oxygen atoms in total. The van der Waals surface area contributed by atoms with Gasteiger partial charge in [-0.25, -0.2) is 14.5 Å². The van der Waals surface area contributed by atoms with Crippen molar-refractivity contribution < 1.29 is 9.53 Å². The molecule has 1 aliphatic carbocycles. The molecule has 1 aliphatic rings. The Balaban J connectivity index is 2.24. The summed E-state index contributed by atoms with van der Waals surface area (Å²) in [5, 5.41) is 4.46. The zero-order valence-electron chi connectivity index (χ0n) is 12.6.